The highest BCUT2D eigenvalue weighted by molar-refractivity contribution is 5.76. The van der Waals surface area contributed by atoms with E-state index in [0.717, 1.165) is 6.42 Å². The number of nitrogens with one attached hydrogen (secondary N) is 1. The van der Waals surface area contributed by atoms with Gasteiger partial charge < -0.3 is 15.8 Å². The molecule has 0 fully saturated rings. The summed E-state index contributed by atoms with van der Waals surface area (Å²) in [5.74, 6) is 0.372. The molecule has 0 aromatic carbocycles. The molecular weight excluding hydrogens is 168 g/mol. The minimum absolute atomic E-state index is 0.0642. The summed E-state index contributed by atoms with van der Waals surface area (Å²) in [5.41, 5.74) is 5.48. The predicted octanol–water partition coefficient (Wildman–Crippen LogP) is 0.124. The average Bonchev–Trinajstić information content (AvgIpc) is 2.14. The van der Waals surface area contributed by atoms with Crippen molar-refractivity contribution in [1.29, 1.82) is 0 Å². The van der Waals surface area contributed by atoms with E-state index in [1.807, 2.05) is 6.92 Å². The Bertz CT molecular complexity index is 136. The molecule has 1 atom stereocenters. The van der Waals surface area contributed by atoms with Gasteiger partial charge in [0.25, 0.3) is 0 Å². The van der Waals surface area contributed by atoms with E-state index in [1.165, 1.54) is 0 Å². The number of ether oxygens (including phenoxy) is 1. The molecule has 0 heterocycles. The lowest BCUT2D eigenvalue weighted by atomic mass is 10.0. The van der Waals surface area contributed by atoms with Crippen molar-refractivity contribution in [3.63, 3.8) is 0 Å². The van der Waals surface area contributed by atoms with Gasteiger partial charge in [0.05, 0.1) is 6.61 Å². The van der Waals surface area contributed by atoms with E-state index in [-0.39, 0.29) is 5.91 Å². The quantitative estimate of drug-likeness (QED) is 0.558. The first kappa shape index (κ1) is 12.4. The first-order valence-corrected chi connectivity index (χ1v) is 4.70. The second-order valence-corrected chi connectivity index (χ2v) is 3.06. The maximum Gasteiger partial charge on any atom is 0.220 e. The predicted molar refractivity (Wildman–Crippen MR) is 52.3 cm³/mol. The van der Waals surface area contributed by atoms with Crippen LogP contribution in [0.15, 0.2) is 0 Å². The number of hydrogen-bond donors (Lipinski definition) is 2. The smallest absolute Gasteiger partial charge is 0.220 e. The van der Waals surface area contributed by atoms with Gasteiger partial charge in [-0.3, -0.25) is 4.79 Å². The van der Waals surface area contributed by atoms with E-state index in [0.29, 0.717) is 32.0 Å². The van der Waals surface area contributed by atoms with Crippen molar-refractivity contribution in [1.82, 2.24) is 5.32 Å². The SMILES string of the molecule is CCC(CN)CC(=O)NCCOC. The van der Waals surface area contributed by atoms with Gasteiger partial charge in [0.1, 0.15) is 0 Å². The third-order valence-electron chi connectivity index (χ3n) is 2.01. The molecule has 78 valence electrons. The summed E-state index contributed by atoms with van der Waals surface area (Å²) in [4.78, 5) is 11.2. The lowest BCUT2D eigenvalue weighted by molar-refractivity contribution is -0.122. The van der Waals surface area contributed by atoms with Crippen LogP contribution in [0.3, 0.4) is 0 Å². The van der Waals surface area contributed by atoms with Crippen LogP contribution in [-0.4, -0.2) is 32.7 Å². The molecule has 0 aliphatic heterocycles. The third-order valence-corrected chi connectivity index (χ3v) is 2.01. The standard InChI is InChI=1S/C9H20N2O2/c1-3-8(7-10)6-9(12)11-4-5-13-2/h8H,3-7,10H2,1-2H3,(H,11,12). The highest BCUT2D eigenvalue weighted by atomic mass is 16.5. The molecule has 0 aromatic rings. The maximum absolute atomic E-state index is 11.2. The van der Waals surface area contributed by atoms with Crippen molar-refractivity contribution < 1.29 is 9.53 Å². The van der Waals surface area contributed by atoms with Crippen molar-refractivity contribution >= 4 is 5.91 Å². The van der Waals surface area contributed by atoms with Crippen molar-refractivity contribution in [2.75, 3.05) is 26.8 Å². The summed E-state index contributed by atoms with van der Waals surface area (Å²) in [6, 6.07) is 0. The molecule has 4 nitrogen and oxygen atoms in total. The Morgan fingerprint density at radius 1 is 1.62 bits per heavy atom. The summed E-state index contributed by atoms with van der Waals surface area (Å²) >= 11 is 0. The average molecular weight is 188 g/mol. The Balaban J connectivity index is 3.48. The van der Waals surface area contributed by atoms with Gasteiger partial charge in [-0.1, -0.05) is 13.3 Å². The fourth-order valence-corrected chi connectivity index (χ4v) is 1.02. The van der Waals surface area contributed by atoms with Crippen LogP contribution in [0.1, 0.15) is 19.8 Å². The van der Waals surface area contributed by atoms with Gasteiger partial charge in [-0.05, 0) is 12.5 Å². The molecule has 0 bridgehead atoms. The van der Waals surface area contributed by atoms with Crippen LogP contribution < -0.4 is 11.1 Å². The van der Waals surface area contributed by atoms with Crippen LogP contribution in [0.2, 0.25) is 0 Å². The van der Waals surface area contributed by atoms with E-state index < -0.39 is 0 Å². The van der Waals surface area contributed by atoms with Crippen molar-refractivity contribution in [2.24, 2.45) is 11.7 Å². The lowest BCUT2D eigenvalue weighted by Gasteiger charge is -2.11. The van der Waals surface area contributed by atoms with Gasteiger partial charge in [-0.2, -0.15) is 0 Å². The first-order chi connectivity index (χ1) is 6.24. The molecular formula is C9H20N2O2. The minimum Gasteiger partial charge on any atom is -0.383 e. The number of amides is 1. The summed E-state index contributed by atoms with van der Waals surface area (Å²) in [7, 11) is 1.61. The second-order valence-electron chi connectivity index (χ2n) is 3.06. The number of nitrogens with two attached hydrogens (primary N) is 1. The largest absolute Gasteiger partial charge is 0.383 e. The number of methoxy groups -OCH3 is 1. The van der Waals surface area contributed by atoms with Gasteiger partial charge in [0.2, 0.25) is 5.91 Å². The molecule has 0 saturated heterocycles. The number of carbonyl (C=O) groups is 1. The molecule has 1 unspecified atom stereocenters. The molecule has 0 aliphatic carbocycles. The van der Waals surface area contributed by atoms with Gasteiger partial charge >= 0.3 is 0 Å². The van der Waals surface area contributed by atoms with E-state index in [2.05, 4.69) is 5.32 Å². The number of hydrogen-bond acceptors (Lipinski definition) is 3. The van der Waals surface area contributed by atoms with Crippen LogP contribution in [0.25, 0.3) is 0 Å². The molecule has 0 radical (unpaired) electrons. The highest BCUT2D eigenvalue weighted by Crippen LogP contribution is 2.04. The molecule has 0 aromatic heterocycles. The molecule has 4 heteroatoms. The molecule has 13 heavy (non-hydrogen) atoms. The highest BCUT2D eigenvalue weighted by Gasteiger charge is 2.09. The van der Waals surface area contributed by atoms with E-state index >= 15 is 0 Å². The second kappa shape index (κ2) is 8.01. The van der Waals surface area contributed by atoms with Crippen molar-refractivity contribution in [2.45, 2.75) is 19.8 Å². The fourth-order valence-electron chi connectivity index (χ4n) is 1.02. The van der Waals surface area contributed by atoms with Crippen LogP contribution >= 0.6 is 0 Å². The van der Waals surface area contributed by atoms with Crippen LogP contribution in [0.4, 0.5) is 0 Å². The summed E-state index contributed by atoms with van der Waals surface area (Å²) in [6.45, 7) is 3.76. The Kier molecular flexibility index (Phi) is 7.63. The summed E-state index contributed by atoms with van der Waals surface area (Å²) in [5, 5.41) is 2.76. The molecule has 0 saturated carbocycles. The molecule has 0 aliphatic rings. The summed E-state index contributed by atoms with van der Waals surface area (Å²) in [6.07, 6.45) is 1.48. The molecule has 1 amide bonds. The maximum atomic E-state index is 11.2. The van der Waals surface area contributed by atoms with Gasteiger partial charge in [0.15, 0.2) is 0 Å². The minimum atomic E-state index is 0.0642. The topological polar surface area (TPSA) is 64.4 Å². The fraction of sp³-hybridized carbons (Fsp3) is 0.889. The molecule has 0 spiro atoms. The Morgan fingerprint density at radius 2 is 2.31 bits per heavy atom. The number of carbonyl (C=O) groups excluding carboxylic acids is 1. The third kappa shape index (κ3) is 6.54. The zero-order valence-corrected chi connectivity index (χ0v) is 8.51. The van der Waals surface area contributed by atoms with Crippen molar-refractivity contribution in [3.05, 3.63) is 0 Å². The lowest BCUT2D eigenvalue weighted by Crippen LogP contribution is -2.30. The first-order valence-electron chi connectivity index (χ1n) is 4.70. The van der Waals surface area contributed by atoms with Crippen LogP contribution in [0.5, 0.6) is 0 Å². The van der Waals surface area contributed by atoms with Crippen LogP contribution in [0, 0.1) is 5.92 Å². The van der Waals surface area contributed by atoms with Crippen molar-refractivity contribution in [3.8, 4) is 0 Å². The zero-order valence-electron chi connectivity index (χ0n) is 8.51. The number of rotatable bonds is 7. The Morgan fingerprint density at radius 3 is 2.77 bits per heavy atom. The van der Waals surface area contributed by atoms with Gasteiger partial charge in [0, 0.05) is 20.1 Å². The van der Waals surface area contributed by atoms with E-state index in [1.54, 1.807) is 7.11 Å². The van der Waals surface area contributed by atoms with Gasteiger partial charge in [-0.15, -0.1) is 0 Å². The van der Waals surface area contributed by atoms with E-state index in [4.69, 9.17) is 10.5 Å². The zero-order chi connectivity index (χ0) is 10.1. The van der Waals surface area contributed by atoms with E-state index in [9.17, 15) is 4.79 Å². The monoisotopic (exact) mass is 188 g/mol. The Labute approximate surface area is 79.8 Å². The van der Waals surface area contributed by atoms with Gasteiger partial charge in [-0.25, -0.2) is 0 Å². The Hall–Kier alpha value is -0.610. The molecule has 0 rings (SSSR count). The van der Waals surface area contributed by atoms with Crippen LogP contribution in [-0.2, 0) is 9.53 Å². The normalized spacial score (nSPS) is 12.5. The molecule has 3 N–H and O–H groups in total. The summed E-state index contributed by atoms with van der Waals surface area (Å²) < 4.78 is 4.81.